The second kappa shape index (κ2) is 6.19. The average molecular weight is 263 g/mol. The summed E-state index contributed by atoms with van der Waals surface area (Å²) in [7, 11) is 1.30. The summed E-state index contributed by atoms with van der Waals surface area (Å²) in [5, 5.41) is 11.6. The van der Waals surface area contributed by atoms with Gasteiger partial charge in [-0.3, -0.25) is 5.32 Å². The van der Waals surface area contributed by atoms with Crippen LogP contribution in [0.3, 0.4) is 0 Å². The monoisotopic (exact) mass is 263 g/mol. The minimum Gasteiger partial charge on any atom is -0.453 e. The second-order valence-electron chi connectivity index (χ2n) is 4.17. The predicted octanol–water partition coefficient (Wildman–Crippen LogP) is 0.748. The van der Waals surface area contributed by atoms with Crippen molar-refractivity contribution in [3.05, 3.63) is 35.9 Å². The number of ether oxygens (including phenoxy) is 1. The number of benzene rings is 1. The zero-order valence-corrected chi connectivity index (χ0v) is 10.7. The van der Waals surface area contributed by atoms with Gasteiger partial charge < -0.3 is 14.7 Å². The lowest BCUT2D eigenvalue weighted by Gasteiger charge is -2.19. The summed E-state index contributed by atoms with van der Waals surface area (Å²) in [4.78, 5) is 17.6. The Labute approximate surface area is 111 Å². The lowest BCUT2D eigenvalue weighted by molar-refractivity contribution is 0.175. The maximum atomic E-state index is 11.3. The highest BCUT2D eigenvalue weighted by molar-refractivity contribution is 5.95. The normalized spacial score (nSPS) is 18.1. The molecular formula is C13H17N3O3. The van der Waals surface area contributed by atoms with E-state index in [1.54, 1.807) is 0 Å². The fourth-order valence-corrected chi connectivity index (χ4v) is 1.99. The number of aliphatic hydroxyl groups is 1. The highest BCUT2D eigenvalue weighted by Crippen LogP contribution is 2.23. The van der Waals surface area contributed by atoms with Crippen molar-refractivity contribution in [3.8, 4) is 0 Å². The molecule has 2 N–H and O–H groups in total. The van der Waals surface area contributed by atoms with Crippen molar-refractivity contribution >= 4 is 12.1 Å². The van der Waals surface area contributed by atoms with E-state index in [4.69, 9.17) is 5.11 Å². The van der Waals surface area contributed by atoms with Crippen molar-refractivity contribution in [2.75, 3.05) is 26.8 Å². The van der Waals surface area contributed by atoms with Gasteiger partial charge in [0, 0.05) is 13.1 Å². The first-order valence-corrected chi connectivity index (χ1v) is 6.08. The number of carbonyl (C=O) groups excluding carboxylic acids is 1. The van der Waals surface area contributed by atoms with E-state index < -0.39 is 6.09 Å². The van der Waals surface area contributed by atoms with Gasteiger partial charge in [0.2, 0.25) is 5.96 Å². The molecule has 6 nitrogen and oxygen atoms in total. The number of β-amino-alcohol motifs (C(OH)–C–C–N with tert-alkyl or cyclic N) is 1. The van der Waals surface area contributed by atoms with Gasteiger partial charge in [0.25, 0.3) is 0 Å². The minimum atomic E-state index is -0.560. The fraction of sp³-hybridized carbons (Fsp3) is 0.385. The molecule has 0 bridgehead atoms. The van der Waals surface area contributed by atoms with Crippen molar-refractivity contribution < 1.29 is 14.6 Å². The Bertz CT molecular complexity index is 461. The third-order valence-corrected chi connectivity index (χ3v) is 2.92. The average Bonchev–Trinajstić information content (AvgIpc) is 2.83. The Hall–Kier alpha value is -2.08. The molecule has 0 spiro atoms. The Morgan fingerprint density at radius 3 is 2.89 bits per heavy atom. The Morgan fingerprint density at radius 2 is 2.26 bits per heavy atom. The number of hydrogen-bond donors (Lipinski definition) is 2. The van der Waals surface area contributed by atoms with Crippen LogP contribution in [0, 0.1) is 0 Å². The molecular weight excluding hydrogens is 246 g/mol. The number of rotatable bonds is 3. The smallest absolute Gasteiger partial charge is 0.413 e. The summed E-state index contributed by atoms with van der Waals surface area (Å²) in [5.41, 5.74) is 1.08. The van der Waals surface area contributed by atoms with Gasteiger partial charge in [-0.25, -0.2) is 9.79 Å². The summed E-state index contributed by atoms with van der Waals surface area (Å²) in [5.74, 6) is 0.440. The van der Waals surface area contributed by atoms with E-state index in [1.165, 1.54) is 7.11 Å². The van der Waals surface area contributed by atoms with Gasteiger partial charge in [-0.1, -0.05) is 30.3 Å². The third kappa shape index (κ3) is 3.23. The number of nitrogens with one attached hydrogen (secondary N) is 1. The van der Waals surface area contributed by atoms with Crippen molar-refractivity contribution in [1.29, 1.82) is 0 Å². The molecule has 0 aromatic heterocycles. The van der Waals surface area contributed by atoms with Crippen LogP contribution in [0.1, 0.15) is 11.6 Å². The SMILES string of the molecule is COC(=O)NC1=NC(c2ccccc2)CN1CCO. The third-order valence-electron chi connectivity index (χ3n) is 2.92. The van der Waals surface area contributed by atoms with E-state index in [0.717, 1.165) is 5.56 Å². The summed E-state index contributed by atoms with van der Waals surface area (Å²) in [6.07, 6.45) is -0.560. The van der Waals surface area contributed by atoms with Crippen LogP contribution in [0.5, 0.6) is 0 Å². The van der Waals surface area contributed by atoms with E-state index >= 15 is 0 Å². The van der Waals surface area contributed by atoms with Gasteiger partial charge in [0.05, 0.1) is 19.8 Å². The van der Waals surface area contributed by atoms with Crippen LogP contribution in [0.15, 0.2) is 35.3 Å². The zero-order valence-electron chi connectivity index (χ0n) is 10.7. The molecule has 19 heavy (non-hydrogen) atoms. The van der Waals surface area contributed by atoms with E-state index in [0.29, 0.717) is 19.0 Å². The molecule has 1 amide bonds. The standard InChI is InChI=1S/C13H17N3O3/c1-19-13(18)15-12-14-11(9-16(12)7-8-17)10-5-3-2-4-6-10/h2-6,11,17H,7-9H2,1H3,(H,14,15,18). The number of alkyl carbamates (subject to hydrolysis) is 1. The quantitative estimate of drug-likeness (QED) is 0.844. The van der Waals surface area contributed by atoms with Crippen LogP contribution in [-0.2, 0) is 4.74 Å². The molecule has 0 fully saturated rings. The van der Waals surface area contributed by atoms with E-state index in [-0.39, 0.29) is 12.6 Å². The van der Waals surface area contributed by atoms with Crippen molar-refractivity contribution in [3.63, 3.8) is 0 Å². The predicted molar refractivity (Wildman–Crippen MR) is 70.8 cm³/mol. The topological polar surface area (TPSA) is 74.2 Å². The lowest BCUT2D eigenvalue weighted by atomic mass is 10.1. The van der Waals surface area contributed by atoms with Crippen LogP contribution < -0.4 is 5.32 Å². The molecule has 0 saturated heterocycles. The number of nitrogens with zero attached hydrogens (tertiary/aromatic N) is 2. The van der Waals surface area contributed by atoms with Gasteiger partial charge in [-0.15, -0.1) is 0 Å². The number of aliphatic imine (C=N–C) groups is 1. The molecule has 1 aliphatic heterocycles. The Morgan fingerprint density at radius 1 is 1.53 bits per heavy atom. The Kier molecular flexibility index (Phi) is 4.35. The van der Waals surface area contributed by atoms with Gasteiger partial charge >= 0.3 is 6.09 Å². The molecule has 1 aromatic carbocycles. The molecule has 0 saturated carbocycles. The summed E-state index contributed by atoms with van der Waals surface area (Å²) < 4.78 is 4.56. The lowest BCUT2D eigenvalue weighted by Crippen LogP contribution is -2.42. The largest absolute Gasteiger partial charge is 0.453 e. The van der Waals surface area contributed by atoms with Gasteiger partial charge in [0.15, 0.2) is 0 Å². The molecule has 1 atom stereocenters. The highest BCUT2D eigenvalue weighted by Gasteiger charge is 2.27. The Balaban J connectivity index is 2.14. The van der Waals surface area contributed by atoms with Gasteiger partial charge in [-0.2, -0.15) is 0 Å². The molecule has 1 unspecified atom stereocenters. The summed E-state index contributed by atoms with van der Waals surface area (Å²) in [6.45, 7) is 1.06. The van der Waals surface area contributed by atoms with Crippen LogP contribution >= 0.6 is 0 Å². The van der Waals surface area contributed by atoms with Crippen molar-refractivity contribution in [2.24, 2.45) is 4.99 Å². The minimum absolute atomic E-state index is 0.00336. The molecule has 0 aliphatic carbocycles. The molecule has 0 radical (unpaired) electrons. The van der Waals surface area contributed by atoms with E-state index in [9.17, 15) is 4.79 Å². The first-order chi connectivity index (χ1) is 9.24. The maximum Gasteiger partial charge on any atom is 0.413 e. The number of aliphatic hydroxyl groups excluding tert-OH is 1. The van der Waals surface area contributed by atoms with Crippen LogP contribution in [0.4, 0.5) is 4.79 Å². The fourth-order valence-electron chi connectivity index (χ4n) is 1.99. The first kappa shape index (κ1) is 13.4. The van der Waals surface area contributed by atoms with Crippen molar-refractivity contribution in [2.45, 2.75) is 6.04 Å². The number of amides is 1. The van der Waals surface area contributed by atoms with Crippen LogP contribution in [-0.4, -0.2) is 48.9 Å². The molecule has 1 aliphatic rings. The second-order valence-corrected chi connectivity index (χ2v) is 4.17. The molecule has 1 aromatic rings. The number of hydrogen-bond acceptors (Lipinski definition) is 5. The van der Waals surface area contributed by atoms with Crippen LogP contribution in [0.2, 0.25) is 0 Å². The molecule has 1 heterocycles. The summed E-state index contributed by atoms with van der Waals surface area (Å²) >= 11 is 0. The first-order valence-electron chi connectivity index (χ1n) is 6.08. The highest BCUT2D eigenvalue weighted by atomic mass is 16.5. The maximum absolute atomic E-state index is 11.3. The number of guanidine groups is 1. The molecule has 102 valence electrons. The molecule has 2 rings (SSSR count). The van der Waals surface area contributed by atoms with Crippen LogP contribution in [0.25, 0.3) is 0 Å². The number of methoxy groups -OCH3 is 1. The van der Waals surface area contributed by atoms with Gasteiger partial charge in [0.1, 0.15) is 0 Å². The number of carbonyl (C=O) groups is 1. The van der Waals surface area contributed by atoms with E-state index in [1.807, 2.05) is 35.2 Å². The van der Waals surface area contributed by atoms with Gasteiger partial charge in [-0.05, 0) is 5.56 Å². The van der Waals surface area contributed by atoms with Crippen molar-refractivity contribution in [1.82, 2.24) is 10.2 Å². The summed E-state index contributed by atoms with van der Waals surface area (Å²) in [6, 6.07) is 9.79. The molecule has 6 heteroatoms. The van der Waals surface area contributed by atoms with E-state index in [2.05, 4.69) is 15.0 Å². The zero-order chi connectivity index (χ0) is 13.7.